The van der Waals surface area contributed by atoms with E-state index in [4.69, 9.17) is 5.11 Å². The van der Waals surface area contributed by atoms with Crippen molar-refractivity contribution >= 4 is 28.6 Å². The fourth-order valence-electron chi connectivity index (χ4n) is 2.89. The number of para-hydroxylation sites is 1. The molecule has 2 aromatic carbocycles. The zero-order valence-electron chi connectivity index (χ0n) is 16.0. The number of halogens is 1. The van der Waals surface area contributed by atoms with Crippen LogP contribution < -0.4 is 5.56 Å². The van der Waals surface area contributed by atoms with Crippen molar-refractivity contribution in [2.24, 2.45) is 0 Å². The summed E-state index contributed by atoms with van der Waals surface area (Å²) in [6.07, 6.45) is 0.411. The summed E-state index contributed by atoms with van der Waals surface area (Å²) in [5, 5.41) is 10.1. The van der Waals surface area contributed by atoms with Crippen molar-refractivity contribution in [2.75, 3.05) is 19.4 Å². The molecule has 0 spiro atoms. The zero-order chi connectivity index (χ0) is 20.8. The second-order valence-corrected chi connectivity index (χ2v) is 7.52. The van der Waals surface area contributed by atoms with E-state index in [0.717, 1.165) is 11.8 Å². The predicted octanol–water partition coefficient (Wildman–Crippen LogP) is 2.67. The van der Waals surface area contributed by atoms with E-state index in [0.29, 0.717) is 34.6 Å². The first kappa shape index (κ1) is 21.0. The Balaban J connectivity index is 1.77. The Hall–Kier alpha value is -2.71. The number of fused-ring (bicyclic) bond motifs is 1. The van der Waals surface area contributed by atoms with Gasteiger partial charge in [0, 0.05) is 32.3 Å². The molecule has 0 aliphatic carbocycles. The number of aliphatic hydroxyl groups excluding tert-OH is 1. The van der Waals surface area contributed by atoms with Crippen LogP contribution in [-0.4, -0.2) is 44.9 Å². The van der Waals surface area contributed by atoms with Crippen molar-refractivity contribution in [1.82, 2.24) is 14.5 Å². The number of hydrogen-bond acceptors (Lipinski definition) is 5. The van der Waals surface area contributed by atoms with Gasteiger partial charge in [-0.05, 0) is 24.6 Å². The molecule has 0 saturated carbocycles. The third-order valence-electron chi connectivity index (χ3n) is 4.48. The molecule has 0 atom stereocenters. The van der Waals surface area contributed by atoms with E-state index in [2.05, 4.69) is 4.98 Å². The summed E-state index contributed by atoms with van der Waals surface area (Å²) >= 11 is 1.16. The van der Waals surface area contributed by atoms with Crippen molar-refractivity contribution in [2.45, 2.75) is 24.7 Å². The third-order valence-corrected chi connectivity index (χ3v) is 5.44. The molecular formula is C21H22FN3O3S. The molecule has 0 bridgehead atoms. The van der Waals surface area contributed by atoms with E-state index in [1.807, 2.05) is 0 Å². The van der Waals surface area contributed by atoms with E-state index in [-0.39, 0.29) is 36.2 Å². The number of amides is 1. The van der Waals surface area contributed by atoms with Crippen molar-refractivity contribution in [3.8, 4) is 0 Å². The van der Waals surface area contributed by atoms with Gasteiger partial charge in [-0.2, -0.15) is 0 Å². The molecule has 1 amide bonds. The average Bonchev–Trinajstić information content (AvgIpc) is 2.73. The highest BCUT2D eigenvalue weighted by atomic mass is 32.2. The van der Waals surface area contributed by atoms with Gasteiger partial charge in [0.1, 0.15) is 5.82 Å². The Kier molecular flexibility index (Phi) is 7.00. The van der Waals surface area contributed by atoms with Gasteiger partial charge in [0.2, 0.25) is 5.91 Å². The number of aromatic nitrogens is 2. The summed E-state index contributed by atoms with van der Waals surface area (Å²) < 4.78 is 15.3. The van der Waals surface area contributed by atoms with Crippen LogP contribution >= 0.6 is 11.8 Å². The van der Waals surface area contributed by atoms with Crippen molar-refractivity contribution in [3.63, 3.8) is 0 Å². The highest BCUT2D eigenvalue weighted by molar-refractivity contribution is 7.99. The third kappa shape index (κ3) is 5.02. The fourth-order valence-corrected chi connectivity index (χ4v) is 3.86. The molecule has 0 radical (unpaired) electrons. The molecule has 6 nitrogen and oxygen atoms in total. The second-order valence-electron chi connectivity index (χ2n) is 6.58. The first-order valence-electron chi connectivity index (χ1n) is 9.22. The topological polar surface area (TPSA) is 75.4 Å². The maximum atomic E-state index is 13.8. The molecular weight excluding hydrogens is 393 g/mol. The molecule has 3 rings (SSSR count). The number of rotatable bonds is 8. The minimum Gasteiger partial charge on any atom is -0.396 e. The first-order chi connectivity index (χ1) is 14.0. The SMILES string of the molecule is CN(Cc1ccccc1F)C(=O)CSc1nc2ccccc2c(=O)n1CCCO. The van der Waals surface area contributed by atoms with Gasteiger partial charge in [0.15, 0.2) is 5.16 Å². The van der Waals surface area contributed by atoms with Gasteiger partial charge in [-0.25, -0.2) is 9.37 Å². The van der Waals surface area contributed by atoms with Gasteiger partial charge in [-0.3, -0.25) is 14.2 Å². The van der Waals surface area contributed by atoms with Crippen LogP contribution in [-0.2, 0) is 17.9 Å². The number of benzene rings is 2. The number of thioether (sulfide) groups is 1. The zero-order valence-corrected chi connectivity index (χ0v) is 16.9. The smallest absolute Gasteiger partial charge is 0.262 e. The van der Waals surface area contributed by atoms with Gasteiger partial charge in [-0.1, -0.05) is 42.1 Å². The van der Waals surface area contributed by atoms with E-state index in [1.54, 1.807) is 49.5 Å². The predicted molar refractivity (Wildman–Crippen MR) is 111 cm³/mol. The minimum atomic E-state index is -0.353. The Morgan fingerprint density at radius 1 is 1.21 bits per heavy atom. The maximum absolute atomic E-state index is 13.8. The maximum Gasteiger partial charge on any atom is 0.262 e. The van der Waals surface area contributed by atoms with Crippen LogP contribution in [0.1, 0.15) is 12.0 Å². The van der Waals surface area contributed by atoms with Crippen LogP contribution in [0.5, 0.6) is 0 Å². The summed E-state index contributed by atoms with van der Waals surface area (Å²) in [5.74, 6) is -0.488. The van der Waals surface area contributed by atoms with E-state index >= 15 is 0 Å². The molecule has 0 aliphatic rings. The van der Waals surface area contributed by atoms with Gasteiger partial charge in [-0.15, -0.1) is 0 Å². The minimum absolute atomic E-state index is 0.0479. The molecule has 1 aromatic heterocycles. The van der Waals surface area contributed by atoms with Crippen molar-refractivity contribution in [3.05, 3.63) is 70.3 Å². The fraction of sp³-hybridized carbons (Fsp3) is 0.286. The molecule has 0 unspecified atom stereocenters. The number of nitrogens with zero attached hydrogens (tertiary/aromatic N) is 3. The Bertz CT molecular complexity index is 1070. The van der Waals surface area contributed by atoms with Gasteiger partial charge in [0.25, 0.3) is 5.56 Å². The molecule has 0 fully saturated rings. The highest BCUT2D eigenvalue weighted by Gasteiger charge is 2.16. The van der Waals surface area contributed by atoms with E-state index < -0.39 is 0 Å². The lowest BCUT2D eigenvalue weighted by atomic mass is 10.2. The standard InChI is InChI=1S/C21H22FN3O3S/c1-24(13-15-7-2-4-9-17(15)22)19(27)14-29-21-23-18-10-5-3-8-16(18)20(28)25(21)11-6-12-26/h2-5,7-10,26H,6,11-14H2,1H3. The van der Waals surface area contributed by atoms with Crippen LogP contribution in [0.3, 0.4) is 0 Å². The molecule has 152 valence electrons. The Morgan fingerprint density at radius 2 is 1.93 bits per heavy atom. The largest absolute Gasteiger partial charge is 0.396 e. The lowest BCUT2D eigenvalue weighted by Gasteiger charge is -2.18. The second kappa shape index (κ2) is 9.67. The van der Waals surface area contributed by atoms with Crippen LogP contribution in [0.15, 0.2) is 58.5 Å². The number of hydrogen-bond donors (Lipinski definition) is 1. The summed E-state index contributed by atoms with van der Waals surface area (Å²) in [4.78, 5) is 31.3. The number of carbonyl (C=O) groups is 1. The number of carbonyl (C=O) groups excluding carboxylic acids is 1. The van der Waals surface area contributed by atoms with E-state index in [9.17, 15) is 14.0 Å². The first-order valence-corrected chi connectivity index (χ1v) is 10.2. The van der Waals surface area contributed by atoms with Gasteiger partial charge < -0.3 is 10.0 Å². The monoisotopic (exact) mass is 415 g/mol. The molecule has 0 saturated heterocycles. The Labute approximate surface area is 172 Å². The number of aliphatic hydroxyl groups is 1. The van der Waals surface area contributed by atoms with Crippen LogP contribution in [0.2, 0.25) is 0 Å². The molecule has 3 aromatic rings. The lowest BCUT2D eigenvalue weighted by molar-refractivity contribution is -0.127. The van der Waals surface area contributed by atoms with Gasteiger partial charge >= 0.3 is 0 Å². The van der Waals surface area contributed by atoms with Crippen LogP contribution in [0, 0.1) is 5.82 Å². The molecule has 29 heavy (non-hydrogen) atoms. The van der Waals surface area contributed by atoms with E-state index in [1.165, 1.54) is 15.5 Å². The van der Waals surface area contributed by atoms with Crippen molar-refractivity contribution < 1.29 is 14.3 Å². The molecule has 1 N–H and O–H groups in total. The summed E-state index contributed by atoms with van der Waals surface area (Å²) in [5.41, 5.74) is 0.808. The summed E-state index contributed by atoms with van der Waals surface area (Å²) in [6.45, 7) is 0.428. The summed E-state index contributed by atoms with van der Waals surface area (Å²) in [7, 11) is 1.61. The summed E-state index contributed by atoms with van der Waals surface area (Å²) in [6, 6.07) is 13.4. The molecule has 8 heteroatoms. The average molecular weight is 415 g/mol. The molecule has 0 aliphatic heterocycles. The Morgan fingerprint density at radius 3 is 2.69 bits per heavy atom. The van der Waals surface area contributed by atoms with Crippen LogP contribution in [0.4, 0.5) is 4.39 Å². The van der Waals surface area contributed by atoms with Crippen LogP contribution in [0.25, 0.3) is 10.9 Å². The highest BCUT2D eigenvalue weighted by Crippen LogP contribution is 2.19. The lowest BCUT2D eigenvalue weighted by Crippen LogP contribution is -2.29. The van der Waals surface area contributed by atoms with Crippen molar-refractivity contribution in [1.29, 1.82) is 0 Å². The quantitative estimate of drug-likeness (QED) is 0.452. The molecule has 1 heterocycles. The normalized spacial score (nSPS) is 11.0. The van der Waals surface area contributed by atoms with Gasteiger partial charge in [0.05, 0.1) is 16.7 Å².